The topological polar surface area (TPSA) is 69.9 Å². The quantitative estimate of drug-likeness (QED) is 0.693. The third-order valence-corrected chi connectivity index (χ3v) is 5.50. The van der Waals surface area contributed by atoms with Crippen LogP contribution >= 0.6 is 0 Å². The van der Waals surface area contributed by atoms with Gasteiger partial charge in [0.25, 0.3) is 0 Å². The summed E-state index contributed by atoms with van der Waals surface area (Å²) in [7, 11) is 0. The minimum Gasteiger partial charge on any atom is -0.353 e. The van der Waals surface area contributed by atoms with Gasteiger partial charge < -0.3 is 9.80 Å². The molecule has 3 aromatic rings. The van der Waals surface area contributed by atoms with E-state index in [4.69, 9.17) is 0 Å². The average Bonchev–Trinajstić information content (AvgIpc) is 3.35. The van der Waals surface area contributed by atoms with Gasteiger partial charge >= 0.3 is 0 Å². The molecule has 138 valence electrons. The summed E-state index contributed by atoms with van der Waals surface area (Å²) in [6.45, 7) is 4.18. The van der Waals surface area contributed by atoms with Gasteiger partial charge in [0, 0.05) is 38.4 Å². The first kappa shape index (κ1) is 16.2. The van der Waals surface area contributed by atoms with E-state index in [0.29, 0.717) is 0 Å². The smallest absolute Gasteiger partial charge is 0.244 e. The highest BCUT2D eigenvalue weighted by Gasteiger charge is 2.37. The Kier molecular flexibility index (Phi) is 3.97. The van der Waals surface area contributed by atoms with Crippen molar-refractivity contribution in [2.24, 2.45) is 0 Å². The molecule has 2 aliphatic rings. The van der Waals surface area contributed by atoms with Gasteiger partial charge in [0.2, 0.25) is 5.91 Å². The van der Waals surface area contributed by atoms with Crippen LogP contribution in [0.4, 0.5) is 11.5 Å². The second kappa shape index (κ2) is 6.62. The van der Waals surface area contributed by atoms with Crippen molar-refractivity contribution in [3.63, 3.8) is 0 Å². The highest BCUT2D eigenvalue weighted by molar-refractivity contribution is 5.99. The summed E-state index contributed by atoms with van der Waals surface area (Å²) < 4.78 is 1.82. The van der Waals surface area contributed by atoms with E-state index >= 15 is 0 Å². The van der Waals surface area contributed by atoms with Gasteiger partial charge in [-0.25, -0.2) is 4.98 Å². The predicted octanol–water partition coefficient (Wildman–Crippen LogP) is 1.05. The van der Waals surface area contributed by atoms with Crippen molar-refractivity contribution in [1.29, 1.82) is 0 Å². The van der Waals surface area contributed by atoms with Crippen molar-refractivity contribution in [2.45, 2.75) is 12.5 Å². The van der Waals surface area contributed by atoms with Crippen LogP contribution in [0.15, 0.2) is 49.1 Å². The Hall–Kier alpha value is -3.00. The number of amides is 1. The molecule has 2 saturated heterocycles. The maximum absolute atomic E-state index is 12.9. The Morgan fingerprint density at radius 2 is 1.78 bits per heavy atom. The Labute approximate surface area is 157 Å². The Bertz CT molecular complexity index is 949. The molecule has 8 heteroatoms. The second-order valence-electron chi connectivity index (χ2n) is 6.95. The molecule has 1 unspecified atom stereocenters. The molecule has 1 aromatic carbocycles. The van der Waals surface area contributed by atoms with Crippen molar-refractivity contribution in [2.75, 3.05) is 42.5 Å². The molecule has 0 spiro atoms. The molecule has 1 atom stereocenters. The van der Waals surface area contributed by atoms with E-state index < -0.39 is 0 Å². The molecule has 0 radical (unpaired) electrons. The maximum Gasteiger partial charge on any atom is 0.244 e. The number of fused-ring (bicyclic) bond motifs is 1. The second-order valence-corrected chi connectivity index (χ2v) is 6.95. The van der Waals surface area contributed by atoms with Gasteiger partial charge in [0.15, 0.2) is 11.5 Å². The summed E-state index contributed by atoms with van der Waals surface area (Å²) in [6.07, 6.45) is 5.97. The highest BCUT2D eigenvalue weighted by atomic mass is 16.2. The van der Waals surface area contributed by atoms with E-state index in [-0.39, 0.29) is 11.9 Å². The fraction of sp³-hybridized carbons (Fsp3) is 0.368. The van der Waals surface area contributed by atoms with E-state index in [2.05, 4.69) is 24.9 Å². The molecular weight excluding hydrogens is 342 g/mol. The summed E-state index contributed by atoms with van der Waals surface area (Å²) in [5.74, 6) is 1.17. The number of piperazine rings is 1. The molecule has 5 rings (SSSR count). The van der Waals surface area contributed by atoms with Gasteiger partial charge in [-0.05, 0) is 18.6 Å². The first-order valence-corrected chi connectivity index (χ1v) is 9.30. The largest absolute Gasteiger partial charge is 0.353 e. The lowest BCUT2D eigenvalue weighted by atomic mass is 10.2. The van der Waals surface area contributed by atoms with E-state index in [0.717, 1.165) is 56.3 Å². The number of hydrogen-bond acceptors (Lipinski definition) is 6. The van der Waals surface area contributed by atoms with Crippen LogP contribution < -0.4 is 9.80 Å². The normalized spacial score (nSPS) is 21.3. The van der Waals surface area contributed by atoms with Crippen LogP contribution in [0, 0.1) is 0 Å². The van der Waals surface area contributed by atoms with E-state index in [1.165, 1.54) is 0 Å². The zero-order valence-electron chi connectivity index (χ0n) is 15.0. The van der Waals surface area contributed by atoms with Gasteiger partial charge in [-0.3, -0.25) is 14.7 Å². The molecule has 1 amide bonds. The average molecular weight is 363 g/mol. The summed E-state index contributed by atoms with van der Waals surface area (Å²) >= 11 is 0. The van der Waals surface area contributed by atoms with Crippen LogP contribution in [0.1, 0.15) is 6.42 Å². The summed E-state index contributed by atoms with van der Waals surface area (Å²) in [5.41, 5.74) is 1.74. The van der Waals surface area contributed by atoms with Gasteiger partial charge in [0.05, 0.1) is 18.4 Å². The zero-order valence-corrected chi connectivity index (χ0v) is 15.0. The van der Waals surface area contributed by atoms with Crippen molar-refractivity contribution in [3.05, 3.63) is 49.1 Å². The molecule has 8 nitrogen and oxygen atoms in total. The number of aromatic nitrogens is 4. The zero-order chi connectivity index (χ0) is 18.2. The number of benzene rings is 1. The fourth-order valence-electron chi connectivity index (χ4n) is 4.09. The number of para-hydroxylation sites is 1. The van der Waals surface area contributed by atoms with E-state index in [9.17, 15) is 4.79 Å². The first-order chi connectivity index (χ1) is 13.3. The molecule has 0 saturated carbocycles. The first-order valence-electron chi connectivity index (χ1n) is 9.30. The SMILES string of the molecule is O=C1C(N2CCN(c3cncc4ncnn34)CC2)CCN1c1ccccc1. The third kappa shape index (κ3) is 2.82. The van der Waals surface area contributed by atoms with Crippen LogP contribution in [0.3, 0.4) is 0 Å². The van der Waals surface area contributed by atoms with Crippen LogP contribution in [0.25, 0.3) is 5.65 Å². The highest BCUT2D eigenvalue weighted by Crippen LogP contribution is 2.25. The lowest BCUT2D eigenvalue weighted by Gasteiger charge is -2.38. The number of carbonyl (C=O) groups excluding carboxylic acids is 1. The number of carbonyl (C=O) groups is 1. The standard InChI is InChI=1S/C19H21N7O/c27-19-16(6-7-25(19)15-4-2-1-3-5-15)23-8-10-24(11-9-23)18-13-20-12-17-21-14-22-26(17)18/h1-5,12-14,16H,6-11H2. The number of rotatable bonds is 3. The van der Waals surface area contributed by atoms with Gasteiger partial charge in [-0.1, -0.05) is 18.2 Å². The minimum atomic E-state index is -0.0207. The molecule has 2 aliphatic heterocycles. The maximum atomic E-state index is 12.9. The lowest BCUT2D eigenvalue weighted by molar-refractivity contribution is -0.121. The Balaban J connectivity index is 1.27. The number of nitrogens with zero attached hydrogens (tertiary/aromatic N) is 7. The van der Waals surface area contributed by atoms with E-state index in [1.807, 2.05) is 45.9 Å². The van der Waals surface area contributed by atoms with Crippen molar-refractivity contribution < 1.29 is 4.79 Å². The van der Waals surface area contributed by atoms with Crippen molar-refractivity contribution in [1.82, 2.24) is 24.5 Å². The number of hydrogen-bond donors (Lipinski definition) is 0. The van der Waals surface area contributed by atoms with Gasteiger partial charge in [-0.15, -0.1) is 0 Å². The molecule has 2 fully saturated rings. The van der Waals surface area contributed by atoms with Crippen molar-refractivity contribution >= 4 is 23.1 Å². The lowest BCUT2D eigenvalue weighted by Crippen LogP contribution is -2.53. The summed E-state index contributed by atoms with van der Waals surface area (Å²) in [4.78, 5) is 27.9. The predicted molar refractivity (Wildman–Crippen MR) is 102 cm³/mol. The van der Waals surface area contributed by atoms with Crippen LogP contribution in [-0.2, 0) is 4.79 Å². The molecule has 0 N–H and O–H groups in total. The summed E-state index contributed by atoms with van der Waals surface area (Å²) in [5, 5.41) is 4.30. The molecule has 4 heterocycles. The van der Waals surface area contributed by atoms with Gasteiger partial charge in [-0.2, -0.15) is 9.61 Å². The van der Waals surface area contributed by atoms with E-state index in [1.54, 1.807) is 12.5 Å². The van der Waals surface area contributed by atoms with Gasteiger partial charge in [0.1, 0.15) is 6.33 Å². The molecule has 0 aliphatic carbocycles. The van der Waals surface area contributed by atoms with Crippen LogP contribution in [0.5, 0.6) is 0 Å². The monoisotopic (exact) mass is 363 g/mol. The molecule has 0 bridgehead atoms. The summed E-state index contributed by atoms with van der Waals surface area (Å²) in [6, 6.07) is 9.92. The molecule has 2 aromatic heterocycles. The minimum absolute atomic E-state index is 0.0207. The molecule has 27 heavy (non-hydrogen) atoms. The molecular formula is C19H21N7O. The fourth-order valence-corrected chi connectivity index (χ4v) is 4.09. The van der Waals surface area contributed by atoms with Crippen LogP contribution in [0.2, 0.25) is 0 Å². The number of anilines is 2. The Morgan fingerprint density at radius 1 is 0.963 bits per heavy atom. The Morgan fingerprint density at radius 3 is 2.59 bits per heavy atom. The van der Waals surface area contributed by atoms with Crippen molar-refractivity contribution in [3.8, 4) is 0 Å². The third-order valence-electron chi connectivity index (χ3n) is 5.50. The van der Waals surface area contributed by atoms with Crippen LogP contribution in [-0.4, -0.2) is 69.2 Å².